The Morgan fingerprint density at radius 3 is 2.58 bits per heavy atom. The van der Waals surface area contributed by atoms with E-state index in [0.29, 0.717) is 31.6 Å². The van der Waals surface area contributed by atoms with E-state index in [0.717, 1.165) is 17.8 Å². The van der Waals surface area contributed by atoms with Gasteiger partial charge >= 0.3 is 5.97 Å². The van der Waals surface area contributed by atoms with Gasteiger partial charge in [0, 0.05) is 38.9 Å². The number of amides is 2. The van der Waals surface area contributed by atoms with Gasteiger partial charge in [0.1, 0.15) is 10.6 Å². The van der Waals surface area contributed by atoms with E-state index >= 15 is 0 Å². The summed E-state index contributed by atoms with van der Waals surface area (Å²) < 4.78 is 0. The summed E-state index contributed by atoms with van der Waals surface area (Å²) in [5.41, 5.74) is 0.429. The van der Waals surface area contributed by atoms with E-state index in [1.54, 1.807) is 11.9 Å². The largest absolute Gasteiger partial charge is 0.477 e. The molecule has 128 valence electrons. The van der Waals surface area contributed by atoms with Gasteiger partial charge in [0.05, 0.1) is 11.2 Å². The molecule has 0 aromatic carbocycles. The number of thiazole rings is 1. The third-order valence-corrected chi connectivity index (χ3v) is 5.47. The number of nitrogens with zero attached hydrogens (tertiary/aromatic N) is 4. The van der Waals surface area contributed by atoms with Crippen molar-refractivity contribution in [1.82, 2.24) is 14.9 Å². The van der Waals surface area contributed by atoms with E-state index in [1.165, 1.54) is 22.5 Å². The highest BCUT2D eigenvalue weighted by molar-refractivity contribution is 7.13. The molecule has 2 aliphatic rings. The average molecular weight is 350 g/mol. The molecule has 8 nitrogen and oxygen atoms in total. The lowest BCUT2D eigenvalue weighted by atomic mass is 9.97. The number of likely N-dealkylation sites (tertiary alicyclic amines) is 1. The Bertz CT molecular complexity index is 706. The molecule has 0 spiro atoms. The summed E-state index contributed by atoms with van der Waals surface area (Å²) in [5.74, 6) is -0.966. The number of hydrogen-bond donors (Lipinski definition) is 1. The molecule has 0 atom stereocenters. The Labute approximate surface area is 142 Å². The number of aromatic nitrogens is 1. The number of aromatic carboxylic acids is 1. The number of hydrogen-bond acceptors (Lipinski definition) is 6. The molecule has 1 N–H and O–H groups in total. The molecule has 0 radical (unpaired) electrons. The van der Waals surface area contributed by atoms with Crippen LogP contribution in [0, 0.1) is 0 Å². The van der Waals surface area contributed by atoms with Crippen molar-refractivity contribution in [2.45, 2.75) is 31.6 Å². The monoisotopic (exact) mass is 350 g/mol. The van der Waals surface area contributed by atoms with Crippen molar-refractivity contribution in [3.05, 3.63) is 16.1 Å². The van der Waals surface area contributed by atoms with Gasteiger partial charge < -0.3 is 10.0 Å². The van der Waals surface area contributed by atoms with Crippen LogP contribution in [0.2, 0.25) is 0 Å². The predicted octanol–water partition coefficient (Wildman–Crippen LogP) is 1.16. The van der Waals surface area contributed by atoms with E-state index in [4.69, 9.17) is 5.11 Å². The number of carbonyl (C=O) groups is 3. The lowest BCUT2D eigenvalue weighted by molar-refractivity contribution is -0.130. The molecule has 1 aromatic rings. The first kappa shape index (κ1) is 16.6. The highest BCUT2D eigenvalue weighted by Crippen LogP contribution is 2.31. The summed E-state index contributed by atoms with van der Waals surface area (Å²) in [6, 6.07) is 0. The first-order valence-corrected chi connectivity index (χ1v) is 8.59. The Hall–Kier alpha value is -2.29. The molecule has 0 bridgehead atoms. The lowest BCUT2D eigenvalue weighted by Gasteiger charge is -2.32. The third kappa shape index (κ3) is 3.30. The topological polar surface area (TPSA) is 103 Å². The predicted molar refractivity (Wildman–Crippen MR) is 87.1 cm³/mol. The zero-order valence-electron chi connectivity index (χ0n) is 13.3. The Kier molecular flexibility index (Phi) is 4.61. The van der Waals surface area contributed by atoms with Gasteiger partial charge in [-0.05, 0) is 12.8 Å². The van der Waals surface area contributed by atoms with Crippen molar-refractivity contribution >= 4 is 34.8 Å². The molecule has 0 unspecified atom stereocenters. The van der Waals surface area contributed by atoms with Crippen LogP contribution in [0.3, 0.4) is 0 Å². The van der Waals surface area contributed by atoms with Crippen molar-refractivity contribution in [2.75, 3.05) is 20.1 Å². The van der Waals surface area contributed by atoms with E-state index < -0.39 is 5.97 Å². The maximum atomic E-state index is 12.5. The summed E-state index contributed by atoms with van der Waals surface area (Å²) in [4.78, 5) is 41.1. The summed E-state index contributed by atoms with van der Waals surface area (Å²) in [7, 11) is 1.56. The summed E-state index contributed by atoms with van der Waals surface area (Å²) >= 11 is 1.20. The normalized spacial score (nSPS) is 19.4. The van der Waals surface area contributed by atoms with Crippen LogP contribution in [0.1, 0.15) is 46.3 Å². The molecule has 24 heavy (non-hydrogen) atoms. The zero-order valence-corrected chi connectivity index (χ0v) is 14.1. The van der Waals surface area contributed by atoms with Crippen LogP contribution >= 0.6 is 11.3 Å². The second kappa shape index (κ2) is 6.68. The van der Waals surface area contributed by atoms with Crippen LogP contribution in [0.25, 0.3) is 0 Å². The molecule has 2 aliphatic heterocycles. The van der Waals surface area contributed by atoms with E-state index in [2.05, 4.69) is 10.1 Å². The van der Waals surface area contributed by atoms with Gasteiger partial charge in [-0.3, -0.25) is 9.59 Å². The molecule has 1 fully saturated rings. The van der Waals surface area contributed by atoms with Gasteiger partial charge in [0.15, 0.2) is 0 Å². The minimum absolute atomic E-state index is 0.0803. The summed E-state index contributed by atoms with van der Waals surface area (Å²) in [6.07, 6.45) is 3.59. The van der Waals surface area contributed by atoms with Crippen LogP contribution in [-0.4, -0.2) is 63.6 Å². The smallest absolute Gasteiger partial charge is 0.347 e. The molecule has 1 aromatic heterocycles. The molecule has 0 saturated carbocycles. The highest BCUT2D eigenvalue weighted by Gasteiger charge is 2.30. The Morgan fingerprint density at radius 1 is 1.29 bits per heavy atom. The van der Waals surface area contributed by atoms with E-state index in [1.807, 2.05) is 0 Å². The summed E-state index contributed by atoms with van der Waals surface area (Å²) in [6.45, 7) is 1.17. The number of carbonyl (C=O) groups excluding carboxylic acids is 2. The van der Waals surface area contributed by atoms with Crippen LogP contribution in [0.5, 0.6) is 0 Å². The molecular formula is C15H18N4O4S. The highest BCUT2D eigenvalue weighted by atomic mass is 32.1. The van der Waals surface area contributed by atoms with Gasteiger partial charge in [-0.25, -0.2) is 14.8 Å². The second-order valence-corrected chi connectivity index (χ2v) is 6.96. The quantitative estimate of drug-likeness (QED) is 0.881. The van der Waals surface area contributed by atoms with Crippen molar-refractivity contribution in [3.63, 3.8) is 0 Å². The van der Waals surface area contributed by atoms with Crippen molar-refractivity contribution in [3.8, 4) is 0 Å². The van der Waals surface area contributed by atoms with Crippen LogP contribution in [0.15, 0.2) is 11.3 Å². The Morgan fingerprint density at radius 2 is 2.00 bits per heavy atom. The standard InChI is InChI=1S/C15H18N4O4S/c1-18-12(20)3-2-10(17-18)14(21)19-6-4-9(5-7-19)13-16-8-11(24-13)15(22)23/h8-9H,2-7H2,1H3,(H,22,23). The number of carboxylic acid groups (broad SMARTS) is 1. The van der Waals surface area contributed by atoms with Crippen molar-refractivity contribution in [2.24, 2.45) is 5.10 Å². The first-order valence-electron chi connectivity index (χ1n) is 7.78. The van der Waals surface area contributed by atoms with Crippen molar-refractivity contribution < 1.29 is 19.5 Å². The Balaban J connectivity index is 1.60. The average Bonchev–Trinajstić information content (AvgIpc) is 3.07. The summed E-state index contributed by atoms with van der Waals surface area (Å²) in [5, 5.41) is 15.1. The molecule has 3 rings (SSSR count). The second-order valence-electron chi connectivity index (χ2n) is 5.90. The van der Waals surface area contributed by atoms with Gasteiger partial charge in [0.2, 0.25) is 5.91 Å². The van der Waals surface area contributed by atoms with Crippen LogP contribution < -0.4 is 0 Å². The fourth-order valence-electron chi connectivity index (χ4n) is 2.91. The van der Waals surface area contributed by atoms with Gasteiger partial charge in [0.25, 0.3) is 5.91 Å². The number of rotatable bonds is 3. The van der Waals surface area contributed by atoms with Gasteiger partial charge in [-0.2, -0.15) is 5.10 Å². The maximum Gasteiger partial charge on any atom is 0.347 e. The molecule has 1 saturated heterocycles. The number of carboxylic acids is 1. The van der Waals surface area contributed by atoms with Crippen LogP contribution in [-0.2, 0) is 9.59 Å². The van der Waals surface area contributed by atoms with Gasteiger partial charge in [-0.1, -0.05) is 0 Å². The molecule has 2 amide bonds. The SMILES string of the molecule is CN1N=C(C(=O)N2CCC(c3ncc(C(=O)O)s3)CC2)CCC1=O. The third-order valence-electron chi connectivity index (χ3n) is 4.32. The van der Waals surface area contributed by atoms with Gasteiger partial charge in [-0.15, -0.1) is 11.3 Å². The maximum absolute atomic E-state index is 12.5. The number of piperidine rings is 1. The van der Waals surface area contributed by atoms with Crippen LogP contribution in [0.4, 0.5) is 0 Å². The molecule has 9 heteroatoms. The minimum Gasteiger partial charge on any atom is -0.477 e. The fourth-order valence-corrected chi connectivity index (χ4v) is 3.84. The first-order chi connectivity index (χ1) is 11.5. The van der Waals surface area contributed by atoms with Crippen molar-refractivity contribution in [1.29, 1.82) is 0 Å². The zero-order chi connectivity index (χ0) is 17.3. The molecule has 0 aliphatic carbocycles. The van der Waals surface area contributed by atoms with E-state index in [-0.39, 0.29) is 22.6 Å². The lowest BCUT2D eigenvalue weighted by Crippen LogP contribution is -2.44. The molecular weight excluding hydrogens is 332 g/mol. The fraction of sp³-hybridized carbons (Fsp3) is 0.533. The van der Waals surface area contributed by atoms with E-state index in [9.17, 15) is 14.4 Å². The molecule has 3 heterocycles. The minimum atomic E-state index is -0.958. The number of hydrazone groups is 1.